The number of hydrogen-bond donors (Lipinski definition) is 2. The fraction of sp³-hybridized carbons (Fsp3) is 0.303. The molecule has 7 rings (SSSR count). The summed E-state index contributed by atoms with van der Waals surface area (Å²) in [5.41, 5.74) is -0.853. The number of alkyl halides is 3. The molecule has 258 valence electrons. The van der Waals surface area contributed by atoms with Gasteiger partial charge in [-0.15, -0.1) is 5.10 Å². The van der Waals surface area contributed by atoms with Crippen LogP contribution in [0.15, 0.2) is 59.7 Å². The number of ether oxygens (including phenoxy) is 1. The number of rotatable bonds is 5. The number of aryl methyl sites for hydroxylation is 1. The molecule has 1 saturated heterocycles. The van der Waals surface area contributed by atoms with Crippen LogP contribution in [0.3, 0.4) is 0 Å². The molecule has 0 saturated carbocycles. The number of aromatic hydroxyl groups is 1. The van der Waals surface area contributed by atoms with Crippen molar-refractivity contribution < 1.29 is 32.6 Å². The molecule has 0 unspecified atom stereocenters. The number of amides is 2. The first-order chi connectivity index (χ1) is 23.8. The summed E-state index contributed by atoms with van der Waals surface area (Å²) in [6.07, 6.45) is -1.93. The summed E-state index contributed by atoms with van der Waals surface area (Å²) in [6.45, 7) is 3.44. The third kappa shape index (κ3) is 5.73. The third-order valence-corrected chi connectivity index (χ3v) is 9.21. The van der Waals surface area contributed by atoms with Gasteiger partial charge in [0.2, 0.25) is 11.7 Å². The lowest BCUT2D eigenvalue weighted by molar-refractivity contribution is -0.137. The molecular formula is C33H28ClF3N8O5. The van der Waals surface area contributed by atoms with E-state index in [1.54, 1.807) is 32.2 Å². The normalized spacial score (nSPS) is 16.9. The number of halogens is 4. The van der Waals surface area contributed by atoms with E-state index in [2.05, 4.69) is 25.4 Å². The van der Waals surface area contributed by atoms with Gasteiger partial charge in [0, 0.05) is 36.7 Å². The molecule has 1 fully saturated rings. The Balaban J connectivity index is 1.28. The molecule has 0 aliphatic carbocycles. The number of carbonyl (C=O) groups is 2. The van der Waals surface area contributed by atoms with Crippen molar-refractivity contribution in [1.82, 2.24) is 34.0 Å². The molecule has 5 aromatic rings. The van der Waals surface area contributed by atoms with Gasteiger partial charge in [-0.05, 0) is 69.2 Å². The van der Waals surface area contributed by atoms with Crippen LogP contribution in [-0.2, 0) is 27.9 Å². The molecule has 2 aliphatic rings. The van der Waals surface area contributed by atoms with Crippen molar-refractivity contribution in [2.45, 2.75) is 51.1 Å². The maximum atomic E-state index is 14.3. The SMILES string of the molecule is Cc1cc(-c2nc3n(CC(=O)Nc4ccc(C(F)(F)F)cc4Cl)c4c(c(=O)n3n2)C2(CCN(C(=O)c3ncccc3O)CC2)O[C@@H]4C)ccn1. The lowest BCUT2D eigenvalue weighted by atomic mass is 9.85. The van der Waals surface area contributed by atoms with E-state index in [0.29, 0.717) is 17.0 Å². The van der Waals surface area contributed by atoms with Crippen molar-refractivity contribution in [1.29, 1.82) is 0 Å². The summed E-state index contributed by atoms with van der Waals surface area (Å²) >= 11 is 6.12. The zero-order valence-corrected chi connectivity index (χ0v) is 27.3. The van der Waals surface area contributed by atoms with Crippen LogP contribution >= 0.6 is 11.6 Å². The quantitative estimate of drug-likeness (QED) is 0.259. The second-order valence-electron chi connectivity index (χ2n) is 12.1. The number of aromatic nitrogens is 6. The molecule has 1 aromatic carbocycles. The van der Waals surface area contributed by atoms with Gasteiger partial charge in [-0.1, -0.05) is 11.6 Å². The molecule has 2 aliphatic heterocycles. The number of carbonyl (C=O) groups excluding carboxylic acids is 2. The van der Waals surface area contributed by atoms with Crippen LogP contribution in [0, 0.1) is 6.92 Å². The highest BCUT2D eigenvalue weighted by Crippen LogP contribution is 2.48. The minimum Gasteiger partial charge on any atom is -0.505 e. The van der Waals surface area contributed by atoms with Gasteiger partial charge in [0.25, 0.3) is 11.5 Å². The van der Waals surface area contributed by atoms with Crippen LogP contribution < -0.4 is 10.9 Å². The fourth-order valence-electron chi connectivity index (χ4n) is 6.62. The lowest BCUT2D eigenvalue weighted by Crippen LogP contribution is -2.47. The minimum atomic E-state index is -4.62. The maximum Gasteiger partial charge on any atom is 0.416 e. The highest BCUT2D eigenvalue weighted by atomic mass is 35.5. The van der Waals surface area contributed by atoms with Gasteiger partial charge < -0.3 is 24.6 Å². The molecule has 13 nitrogen and oxygen atoms in total. The molecule has 4 aromatic heterocycles. The average molecular weight is 709 g/mol. The predicted molar refractivity (Wildman–Crippen MR) is 173 cm³/mol. The molecule has 1 atom stereocenters. The smallest absolute Gasteiger partial charge is 0.416 e. The summed E-state index contributed by atoms with van der Waals surface area (Å²) in [4.78, 5) is 55.5. The summed E-state index contributed by atoms with van der Waals surface area (Å²) in [5, 5.41) is 17.0. The van der Waals surface area contributed by atoms with E-state index in [1.807, 2.05) is 0 Å². The number of anilines is 1. The molecule has 50 heavy (non-hydrogen) atoms. The number of nitrogens with one attached hydrogen (secondary N) is 1. The standard InChI is InChI=1S/C33H28ClF3N8O5/c1-17-14-19(7-11-38-17)28-41-31-44(16-24(47)40-22-6-5-20(15-21(22)34)33(35,36)37)27-18(2)50-32(25(27)29(48)45(31)42-28)8-12-43(13-9-32)30(49)26-23(46)4-3-10-39-26/h3-7,10-11,14-15,18,46H,8-9,12-13,16H2,1-2H3,(H,40,47)/t18-/m1/s1. The molecule has 0 radical (unpaired) electrons. The summed E-state index contributed by atoms with van der Waals surface area (Å²) in [7, 11) is 0. The van der Waals surface area contributed by atoms with E-state index in [9.17, 15) is 32.7 Å². The lowest BCUT2D eigenvalue weighted by Gasteiger charge is -2.39. The van der Waals surface area contributed by atoms with Crippen molar-refractivity contribution in [3.63, 3.8) is 0 Å². The second-order valence-corrected chi connectivity index (χ2v) is 12.6. The number of pyridine rings is 2. The number of nitrogens with zero attached hydrogens (tertiary/aromatic N) is 7. The predicted octanol–water partition coefficient (Wildman–Crippen LogP) is 4.90. The Bertz CT molecular complexity index is 2250. The van der Waals surface area contributed by atoms with Crippen LogP contribution in [0.5, 0.6) is 5.75 Å². The Labute approximate surface area is 286 Å². The monoisotopic (exact) mass is 708 g/mol. The number of benzene rings is 1. The number of hydrogen-bond acceptors (Lipinski definition) is 9. The molecule has 6 heterocycles. The first-order valence-electron chi connectivity index (χ1n) is 15.5. The zero-order chi connectivity index (χ0) is 35.5. The molecule has 1 spiro atoms. The fourth-order valence-corrected chi connectivity index (χ4v) is 6.84. The van der Waals surface area contributed by atoms with Crippen molar-refractivity contribution in [3.05, 3.63) is 98.4 Å². The number of likely N-dealkylation sites (tertiary alicyclic amines) is 1. The van der Waals surface area contributed by atoms with E-state index in [1.165, 1.54) is 27.8 Å². The highest BCUT2D eigenvalue weighted by molar-refractivity contribution is 6.33. The van der Waals surface area contributed by atoms with Crippen molar-refractivity contribution in [3.8, 4) is 17.1 Å². The van der Waals surface area contributed by atoms with Gasteiger partial charge in [-0.2, -0.15) is 22.7 Å². The first kappa shape index (κ1) is 33.2. The summed E-state index contributed by atoms with van der Waals surface area (Å²) in [6, 6.07) is 8.91. The van der Waals surface area contributed by atoms with Crippen molar-refractivity contribution in [2.24, 2.45) is 0 Å². The van der Waals surface area contributed by atoms with Crippen LogP contribution in [0.4, 0.5) is 18.9 Å². The van der Waals surface area contributed by atoms with Crippen LogP contribution in [-0.4, -0.2) is 64.0 Å². The third-order valence-electron chi connectivity index (χ3n) is 8.90. The molecule has 2 amide bonds. The van der Waals surface area contributed by atoms with Crippen molar-refractivity contribution >= 4 is 34.9 Å². The van der Waals surface area contributed by atoms with E-state index in [-0.39, 0.29) is 65.3 Å². The Hall–Kier alpha value is -5.35. The Morgan fingerprint density at radius 2 is 1.88 bits per heavy atom. The zero-order valence-electron chi connectivity index (χ0n) is 26.5. The number of fused-ring (bicyclic) bond motifs is 3. The van der Waals surface area contributed by atoms with Crippen LogP contribution in [0.2, 0.25) is 5.02 Å². The highest BCUT2D eigenvalue weighted by Gasteiger charge is 2.50. The second kappa shape index (κ2) is 12.2. The van der Waals surface area contributed by atoms with E-state index >= 15 is 0 Å². The largest absolute Gasteiger partial charge is 0.505 e. The Morgan fingerprint density at radius 1 is 1.12 bits per heavy atom. The Morgan fingerprint density at radius 3 is 2.56 bits per heavy atom. The molecule has 2 N–H and O–H groups in total. The molecule has 17 heteroatoms. The van der Waals surface area contributed by atoms with Crippen LogP contribution in [0.1, 0.15) is 58.9 Å². The van der Waals surface area contributed by atoms with Gasteiger partial charge in [0.1, 0.15) is 17.9 Å². The molecule has 0 bridgehead atoms. The Kier molecular flexibility index (Phi) is 8.10. The average Bonchev–Trinajstić information content (AvgIpc) is 3.64. The summed E-state index contributed by atoms with van der Waals surface area (Å²) < 4.78 is 48.8. The van der Waals surface area contributed by atoms with Gasteiger partial charge in [-0.3, -0.25) is 19.4 Å². The van der Waals surface area contributed by atoms with Crippen molar-refractivity contribution in [2.75, 3.05) is 18.4 Å². The van der Waals surface area contributed by atoms with E-state index in [0.717, 1.165) is 22.7 Å². The topological polar surface area (TPSA) is 157 Å². The minimum absolute atomic E-state index is 0.0375. The van der Waals surface area contributed by atoms with Gasteiger partial charge >= 0.3 is 6.18 Å². The number of piperidine rings is 1. The van der Waals surface area contributed by atoms with Crippen LogP contribution in [0.25, 0.3) is 17.2 Å². The maximum absolute atomic E-state index is 14.3. The van der Waals surface area contributed by atoms with Gasteiger partial charge in [0.05, 0.1) is 33.6 Å². The first-order valence-corrected chi connectivity index (χ1v) is 15.9. The molecular weight excluding hydrogens is 681 g/mol. The van der Waals surface area contributed by atoms with E-state index < -0.39 is 47.4 Å². The van der Waals surface area contributed by atoms with Gasteiger partial charge in [0.15, 0.2) is 11.5 Å². The summed E-state index contributed by atoms with van der Waals surface area (Å²) in [5.74, 6) is -1.13. The van der Waals surface area contributed by atoms with Gasteiger partial charge in [-0.25, -0.2) is 4.98 Å². The van der Waals surface area contributed by atoms with E-state index in [4.69, 9.17) is 16.3 Å².